The number of amides is 1. The molecule has 0 rings (SSSR count). The number of aliphatic hydroxyl groups excluding tert-OH is 1. The maximum atomic E-state index is 11.3. The second-order valence-electron chi connectivity index (χ2n) is 3.73. The first kappa shape index (κ1) is 14.9. The Bertz CT molecular complexity index is 218. The molecule has 1 amide bonds. The number of hydrogen-bond acceptors (Lipinski definition) is 4. The molecule has 2 N–H and O–H groups in total. The number of rotatable bonds is 8. The molecular formula is C11H21NO4. The van der Waals surface area contributed by atoms with Crippen molar-refractivity contribution < 1.29 is 19.4 Å². The lowest BCUT2D eigenvalue weighted by Crippen LogP contribution is -2.38. The fourth-order valence-electron chi connectivity index (χ4n) is 1.23. The summed E-state index contributed by atoms with van der Waals surface area (Å²) in [6, 6.07) is -0.588. The number of ether oxygens (including phenoxy) is 1. The zero-order valence-electron chi connectivity index (χ0n) is 9.99. The van der Waals surface area contributed by atoms with Crippen LogP contribution in [0.4, 0.5) is 0 Å². The Balaban J connectivity index is 3.46. The van der Waals surface area contributed by atoms with E-state index < -0.39 is 12.0 Å². The van der Waals surface area contributed by atoms with Gasteiger partial charge in [0.2, 0.25) is 5.91 Å². The summed E-state index contributed by atoms with van der Waals surface area (Å²) in [5.41, 5.74) is 0. The summed E-state index contributed by atoms with van der Waals surface area (Å²) in [6.07, 6.45) is 3.45. The van der Waals surface area contributed by atoms with E-state index in [9.17, 15) is 9.59 Å². The summed E-state index contributed by atoms with van der Waals surface area (Å²) < 4.78 is 4.97. The Morgan fingerprint density at radius 1 is 1.25 bits per heavy atom. The van der Waals surface area contributed by atoms with Crippen molar-refractivity contribution in [3.05, 3.63) is 0 Å². The van der Waals surface area contributed by atoms with E-state index in [2.05, 4.69) is 5.32 Å². The molecule has 94 valence electrons. The first-order chi connectivity index (χ1) is 7.57. The predicted octanol–water partition coefficient (Wildman–Crippen LogP) is 0.607. The summed E-state index contributed by atoms with van der Waals surface area (Å²) >= 11 is 0. The lowest BCUT2D eigenvalue weighted by molar-refractivity contribution is -0.147. The minimum Gasteiger partial charge on any atom is -0.464 e. The van der Waals surface area contributed by atoms with E-state index in [0.29, 0.717) is 6.61 Å². The number of nitrogens with one attached hydrogen (secondary N) is 1. The van der Waals surface area contributed by atoms with Gasteiger partial charge in [0.05, 0.1) is 6.61 Å². The van der Waals surface area contributed by atoms with Crippen molar-refractivity contribution >= 4 is 11.9 Å². The van der Waals surface area contributed by atoms with Gasteiger partial charge in [0.1, 0.15) is 6.04 Å². The van der Waals surface area contributed by atoms with Crippen molar-refractivity contribution in [1.82, 2.24) is 5.32 Å². The Labute approximate surface area is 96.2 Å². The first-order valence-corrected chi connectivity index (χ1v) is 5.62. The quantitative estimate of drug-likeness (QED) is 0.474. The minimum atomic E-state index is -0.588. The number of hydrogen-bond donors (Lipinski definition) is 2. The molecule has 0 spiro atoms. The summed E-state index contributed by atoms with van der Waals surface area (Å²) in [7, 11) is 0. The monoisotopic (exact) mass is 231 g/mol. The van der Waals surface area contributed by atoms with Crippen molar-refractivity contribution in [1.29, 1.82) is 0 Å². The third kappa shape index (κ3) is 8.23. The SMILES string of the molecule is CC(=O)NC(C)C(=O)OCCCCCCO. The summed E-state index contributed by atoms with van der Waals surface area (Å²) in [4.78, 5) is 22.0. The summed E-state index contributed by atoms with van der Waals surface area (Å²) in [5.74, 6) is -0.648. The fourth-order valence-corrected chi connectivity index (χ4v) is 1.23. The molecule has 0 aromatic rings. The molecule has 1 unspecified atom stereocenters. The van der Waals surface area contributed by atoms with Crippen LogP contribution in [0.2, 0.25) is 0 Å². The van der Waals surface area contributed by atoms with Crippen molar-refractivity contribution in [3.8, 4) is 0 Å². The Morgan fingerprint density at radius 2 is 1.88 bits per heavy atom. The number of aliphatic hydroxyl groups is 1. The Kier molecular flexibility index (Phi) is 8.52. The smallest absolute Gasteiger partial charge is 0.328 e. The third-order valence-electron chi connectivity index (χ3n) is 2.07. The van der Waals surface area contributed by atoms with Crippen molar-refractivity contribution in [2.45, 2.75) is 45.6 Å². The van der Waals surface area contributed by atoms with Crippen LogP contribution in [0.15, 0.2) is 0 Å². The van der Waals surface area contributed by atoms with E-state index >= 15 is 0 Å². The standard InChI is InChI=1S/C11H21NO4/c1-9(12-10(2)14)11(15)16-8-6-4-3-5-7-13/h9,13H,3-8H2,1-2H3,(H,12,14). The largest absolute Gasteiger partial charge is 0.464 e. The molecule has 5 heteroatoms. The molecule has 0 aliphatic heterocycles. The lowest BCUT2D eigenvalue weighted by Gasteiger charge is -2.11. The van der Waals surface area contributed by atoms with Gasteiger partial charge in [-0.1, -0.05) is 6.42 Å². The first-order valence-electron chi connectivity index (χ1n) is 5.62. The van der Waals surface area contributed by atoms with Crippen molar-refractivity contribution in [2.75, 3.05) is 13.2 Å². The van der Waals surface area contributed by atoms with Gasteiger partial charge in [-0.2, -0.15) is 0 Å². The molecule has 0 fully saturated rings. The van der Waals surface area contributed by atoms with Crippen molar-refractivity contribution in [3.63, 3.8) is 0 Å². The van der Waals surface area contributed by atoms with E-state index in [0.717, 1.165) is 25.7 Å². The van der Waals surface area contributed by atoms with Crippen LogP contribution in [-0.2, 0) is 14.3 Å². The molecule has 0 bridgehead atoms. The van der Waals surface area contributed by atoms with Gasteiger partial charge in [0, 0.05) is 13.5 Å². The number of unbranched alkanes of at least 4 members (excludes halogenated alkanes) is 3. The Morgan fingerprint density at radius 3 is 2.44 bits per heavy atom. The number of carbonyl (C=O) groups is 2. The van der Waals surface area contributed by atoms with Crippen LogP contribution in [0, 0.1) is 0 Å². The zero-order chi connectivity index (χ0) is 12.4. The van der Waals surface area contributed by atoms with E-state index in [1.807, 2.05) is 0 Å². The summed E-state index contributed by atoms with van der Waals surface area (Å²) in [5, 5.41) is 11.0. The van der Waals surface area contributed by atoms with Crippen LogP contribution in [0.3, 0.4) is 0 Å². The van der Waals surface area contributed by atoms with Crippen LogP contribution in [0.25, 0.3) is 0 Å². The van der Waals surface area contributed by atoms with Gasteiger partial charge in [0.25, 0.3) is 0 Å². The molecule has 0 saturated carbocycles. The highest BCUT2D eigenvalue weighted by molar-refractivity contribution is 5.82. The summed E-state index contributed by atoms with van der Waals surface area (Å²) in [6.45, 7) is 3.53. The van der Waals surface area contributed by atoms with E-state index in [1.165, 1.54) is 6.92 Å². The van der Waals surface area contributed by atoms with Gasteiger partial charge < -0.3 is 15.2 Å². The van der Waals surface area contributed by atoms with Crippen LogP contribution in [0.1, 0.15) is 39.5 Å². The maximum absolute atomic E-state index is 11.3. The highest BCUT2D eigenvalue weighted by Crippen LogP contribution is 2.00. The molecule has 0 radical (unpaired) electrons. The minimum absolute atomic E-state index is 0.208. The van der Waals surface area contributed by atoms with Crippen LogP contribution in [0.5, 0.6) is 0 Å². The van der Waals surface area contributed by atoms with Gasteiger partial charge in [-0.05, 0) is 26.2 Å². The van der Waals surface area contributed by atoms with E-state index in [-0.39, 0.29) is 12.5 Å². The molecule has 0 aromatic heterocycles. The second kappa shape index (κ2) is 9.15. The fraction of sp³-hybridized carbons (Fsp3) is 0.818. The maximum Gasteiger partial charge on any atom is 0.328 e. The van der Waals surface area contributed by atoms with E-state index in [4.69, 9.17) is 9.84 Å². The molecule has 16 heavy (non-hydrogen) atoms. The molecule has 0 aliphatic rings. The normalized spacial score (nSPS) is 11.9. The van der Waals surface area contributed by atoms with Gasteiger partial charge in [0.15, 0.2) is 0 Å². The zero-order valence-corrected chi connectivity index (χ0v) is 9.99. The topological polar surface area (TPSA) is 75.6 Å². The highest BCUT2D eigenvalue weighted by atomic mass is 16.5. The average Bonchev–Trinajstić information content (AvgIpc) is 2.21. The molecular weight excluding hydrogens is 210 g/mol. The molecule has 0 saturated heterocycles. The van der Waals surface area contributed by atoms with Crippen LogP contribution >= 0.6 is 0 Å². The number of carbonyl (C=O) groups excluding carboxylic acids is 2. The average molecular weight is 231 g/mol. The van der Waals surface area contributed by atoms with E-state index in [1.54, 1.807) is 6.92 Å². The lowest BCUT2D eigenvalue weighted by atomic mass is 10.2. The highest BCUT2D eigenvalue weighted by Gasteiger charge is 2.14. The third-order valence-corrected chi connectivity index (χ3v) is 2.07. The van der Waals surface area contributed by atoms with Gasteiger partial charge >= 0.3 is 5.97 Å². The van der Waals surface area contributed by atoms with Crippen molar-refractivity contribution in [2.24, 2.45) is 0 Å². The predicted molar refractivity (Wildman–Crippen MR) is 59.8 cm³/mol. The molecule has 1 atom stereocenters. The van der Waals surface area contributed by atoms with Crippen LogP contribution in [-0.4, -0.2) is 36.2 Å². The second-order valence-corrected chi connectivity index (χ2v) is 3.73. The van der Waals surface area contributed by atoms with Gasteiger partial charge in [-0.3, -0.25) is 4.79 Å². The molecule has 5 nitrogen and oxygen atoms in total. The number of esters is 1. The van der Waals surface area contributed by atoms with Gasteiger partial charge in [-0.15, -0.1) is 0 Å². The van der Waals surface area contributed by atoms with Crippen LogP contribution < -0.4 is 5.32 Å². The molecule has 0 aromatic carbocycles. The molecule has 0 aliphatic carbocycles. The van der Waals surface area contributed by atoms with Gasteiger partial charge in [-0.25, -0.2) is 4.79 Å². The Hall–Kier alpha value is -1.10. The molecule has 0 heterocycles.